The summed E-state index contributed by atoms with van der Waals surface area (Å²) in [5.74, 6) is -2.02. The summed E-state index contributed by atoms with van der Waals surface area (Å²) < 4.78 is 21.3. The summed E-state index contributed by atoms with van der Waals surface area (Å²) >= 11 is 0. The van der Waals surface area contributed by atoms with Crippen molar-refractivity contribution in [2.45, 2.75) is 38.6 Å². The number of hydrogen-bond donors (Lipinski definition) is 1. The molecule has 0 saturated carbocycles. The molecule has 1 aromatic rings. The van der Waals surface area contributed by atoms with E-state index in [1.165, 1.54) is 20.0 Å². The van der Waals surface area contributed by atoms with Crippen molar-refractivity contribution in [1.29, 1.82) is 0 Å². The molecule has 1 N–H and O–H groups in total. The van der Waals surface area contributed by atoms with Gasteiger partial charge in [0.25, 0.3) is 5.79 Å². The fourth-order valence-corrected chi connectivity index (χ4v) is 2.57. The van der Waals surface area contributed by atoms with Gasteiger partial charge in [-0.05, 0) is 25.0 Å². The van der Waals surface area contributed by atoms with Crippen LogP contribution >= 0.6 is 0 Å². The van der Waals surface area contributed by atoms with Gasteiger partial charge in [-0.25, -0.2) is 9.59 Å². The zero-order valence-electron chi connectivity index (χ0n) is 14.2. The fourth-order valence-electron chi connectivity index (χ4n) is 2.57. The van der Waals surface area contributed by atoms with Crippen LogP contribution in [0.4, 0.5) is 5.69 Å². The predicted octanol–water partition coefficient (Wildman–Crippen LogP) is 2.38. The van der Waals surface area contributed by atoms with Crippen LogP contribution < -0.4 is 10.1 Å². The van der Waals surface area contributed by atoms with E-state index < -0.39 is 17.7 Å². The third-order valence-corrected chi connectivity index (χ3v) is 3.79. The summed E-state index contributed by atoms with van der Waals surface area (Å²) in [4.78, 5) is 23.8. The van der Waals surface area contributed by atoms with Crippen LogP contribution in [0.15, 0.2) is 36.0 Å². The van der Waals surface area contributed by atoms with E-state index in [4.69, 9.17) is 18.9 Å². The van der Waals surface area contributed by atoms with Crippen molar-refractivity contribution in [3.8, 4) is 5.75 Å². The highest BCUT2D eigenvalue weighted by atomic mass is 16.7. The van der Waals surface area contributed by atoms with Gasteiger partial charge in [0.05, 0.1) is 6.10 Å². The number of ether oxygens (including phenoxy) is 4. The van der Waals surface area contributed by atoms with E-state index in [2.05, 4.69) is 5.32 Å². The molecule has 7 heteroatoms. The van der Waals surface area contributed by atoms with Crippen LogP contribution in [0, 0.1) is 0 Å². The molecule has 25 heavy (non-hydrogen) atoms. The van der Waals surface area contributed by atoms with Crippen LogP contribution in [-0.2, 0) is 23.8 Å². The molecular formula is C18H21NO6. The van der Waals surface area contributed by atoms with Crippen molar-refractivity contribution in [1.82, 2.24) is 0 Å². The zero-order valence-corrected chi connectivity index (χ0v) is 14.2. The van der Waals surface area contributed by atoms with E-state index in [9.17, 15) is 9.59 Å². The third kappa shape index (κ3) is 4.51. The molecule has 0 bridgehead atoms. The van der Waals surface area contributed by atoms with E-state index in [-0.39, 0.29) is 11.7 Å². The molecule has 2 fully saturated rings. The van der Waals surface area contributed by atoms with E-state index in [1.807, 2.05) is 12.1 Å². The quantitative estimate of drug-likeness (QED) is 0.497. The first-order chi connectivity index (χ1) is 11.9. The molecule has 0 aromatic heterocycles. The number of rotatable bonds is 5. The van der Waals surface area contributed by atoms with Crippen molar-refractivity contribution in [3.63, 3.8) is 0 Å². The maximum atomic E-state index is 11.9. The van der Waals surface area contributed by atoms with Crippen molar-refractivity contribution in [2.24, 2.45) is 0 Å². The number of cyclic esters (lactones) is 2. The number of carbonyl (C=O) groups is 2. The standard InChI is InChI=1S/C18H21NO6/c1-18(2)24-16(20)15(17(21)25-18)10-19-12-5-3-6-13(9-12)23-11-14-7-4-8-22-14/h3,5-6,9-10,14,19H,4,7-8,11H2,1-2H3. The van der Waals surface area contributed by atoms with E-state index in [1.54, 1.807) is 12.1 Å². The van der Waals surface area contributed by atoms with Crippen molar-refractivity contribution in [2.75, 3.05) is 18.5 Å². The van der Waals surface area contributed by atoms with Gasteiger partial charge in [-0.15, -0.1) is 0 Å². The highest BCUT2D eigenvalue weighted by Crippen LogP contribution is 2.24. The Morgan fingerprint density at radius 1 is 1.28 bits per heavy atom. The van der Waals surface area contributed by atoms with E-state index in [0.717, 1.165) is 19.4 Å². The Bertz CT molecular complexity index is 669. The van der Waals surface area contributed by atoms with E-state index in [0.29, 0.717) is 18.0 Å². The zero-order chi connectivity index (χ0) is 17.9. The highest BCUT2D eigenvalue weighted by Gasteiger charge is 2.38. The van der Waals surface area contributed by atoms with Crippen LogP contribution in [-0.4, -0.2) is 37.0 Å². The number of esters is 2. The first-order valence-corrected chi connectivity index (χ1v) is 8.21. The predicted molar refractivity (Wildman–Crippen MR) is 88.9 cm³/mol. The first kappa shape index (κ1) is 17.3. The number of benzene rings is 1. The Morgan fingerprint density at radius 3 is 2.72 bits per heavy atom. The largest absolute Gasteiger partial charge is 0.491 e. The molecule has 3 rings (SSSR count). The van der Waals surface area contributed by atoms with Crippen molar-refractivity contribution < 1.29 is 28.5 Å². The number of nitrogens with one attached hydrogen (secondary N) is 1. The minimum Gasteiger partial charge on any atom is -0.491 e. The summed E-state index contributed by atoms with van der Waals surface area (Å²) in [5, 5.41) is 2.90. The molecule has 0 spiro atoms. The summed E-state index contributed by atoms with van der Waals surface area (Å²) in [6.45, 7) is 4.29. The van der Waals surface area contributed by atoms with Gasteiger partial charge in [0.15, 0.2) is 5.57 Å². The van der Waals surface area contributed by atoms with Gasteiger partial charge >= 0.3 is 11.9 Å². The topological polar surface area (TPSA) is 83.1 Å². The molecular weight excluding hydrogens is 326 g/mol. The molecule has 0 amide bonds. The fraction of sp³-hybridized carbons (Fsp3) is 0.444. The van der Waals surface area contributed by atoms with Crippen molar-refractivity contribution >= 4 is 17.6 Å². The smallest absolute Gasteiger partial charge is 0.350 e. The molecule has 2 saturated heterocycles. The second-order valence-electron chi connectivity index (χ2n) is 6.36. The van der Waals surface area contributed by atoms with Gasteiger partial charge in [-0.1, -0.05) is 6.07 Å². The average Bonchev–Trinajstić information content (AvgIpc) is 3.05. The average molecular weight is 347 g/mol. The first-order valence-electron chi connectivity index (χ1n) is 8.21. The van der Waals surface area contributed by atoms with Gasteiger partial charge in [-0.3, -0.25) is 0 Å². The molecule has 2 aliphatic heterocycles. The molecule has 134 valence electrons. The molecule has 0 aliphatic carbocycles. The lowest BCUT2D eigenvalue weighted by Crippen LogP contribution is -2.42. The minimum absolute atomic E-state index is 0.133. The lowest BCUT2D eigenvalue weighted by atomic mass is 10.2. The van der Waals surface area contributed by atoms with Gasteiger partial charge in [-0.2, -0.15) is 0 Å². The Balaban J connectivity index is 1.61. The summed E-state index contributed by atoms with van der Waals surface area (Å²) in [5.41, 5.74) is 0.479. The van der Waals surface area contributed by atoms with Crippen LogP contribution in [0.5, 0.6) is 5.75 Å². The third-order valence-electron chi connectivity index (χ3n) is 3.79. The van der Waals surface area contributed by atoms with Crippen LogP contribution in [0.3, 0.4) is 0 Å². The number of hydrogen-bond acceptors (Lipinski definition) is 7. The van der Waals surface area contributed by atoms with Gasteiger partial charge < -0.3 is 24.3 Å². The maximum Gasteiger partial charge on any atom is 0.350 e. The Hall–Kier alpha value is -2.54. The normalized spacial score (nSPS) is 22.2. The molecule has 1 unspecified atom stereocenters. The number of carbonyl (C=O) groups excluding carboxylic acids is 2. The molecule has 2 heterocycles. The van der Waals surface area contributed by atoms with Crippen LogP contribution in [0.25, 0.3) is 0 Å². The summed E-state index contributed by atoms with van der Waals surface area (Å²) in [6.07, 6.45) is 3.48. The monoisotopic (exact) mass is 347 g/mol. The Morgan fingerprint density at radius 2 is 2.04 bits per heavy atom. The minimum atomic E-state index is -1.25. The van der Waals surface area contributed by atoms with Crippen molar-refractivity contribution in [3.05, 3.63) is 36.0 Å². The maximum absolute atomic E-state index is 11.9. The molecule has 0 radical (unpaired) electrons. The van der Waals surface area contributed by atoms with Gasteiger partial charge in [0.1, 0.15) is 12.4 Å². The summed E-state index contributed by atoms with van der Waals surface area (Å²) in [7, 11) is 0. The number of anilines is 1. The lowest BCUT2D eigenvalue weighted by Gasteiger charge is -2.29. The van der Waals surface area contributed by atoms with Crippen LogP contribution in [0.2, 0.25) is 0 Å². The molecule has 1 aromatic carbocycles. The Labute approximate surface area is 145 Å². The molecule has 1 atom stereocenters. The van der Waals surface area contributed by atoms with E-state index >= 15 is 0 Å². The summed E-state index contributed by atoms with van der Waals surface area (Å²) in [6, 6.07) is 7.21. The molecule has 2 aliphatic rings. The van der Waals surface area contributed by atoms with Gasteiger partial charge in [0.2, 0.25) is 0 Å². The lowest BCUT2D eigenvalue weighted by molar-refractivity contribution is -0.222. The Kier molecular flexibility index (Phi) is 4.94. The molecule has 7 nitrogen and oxygen atoms in total. The van der Waals surface area contributed by atoms with Crippen LogP contribution in [0.1, 0.15) is 26.7 Å². The SMILES string of the molecule is CC1(C)OC(=O)C(=CNc2cccc(OCC3CCCO3)c2)C(=O)O1. The highest BCUT2D eigenvalue weighted by molar-refractivity contribution is 6.15. The van der Waals surface area contributed by atoms with Gasteiger partial charge in [0, 0.05) is 38.4 Å². The second kappa shape index (κ2) is 7.14. The second-order valence-corrected chi connectivity index (χ2v) is 6.36.